The number of amides is 2. The van der Waals surface area contributed by atoms with E-state index < -0.39 is 0 Å². The molecule has 1 aromatic rings. The lowest BCUT2D eigenvalue weighted by molar-refractivity contribution is 0.0504. The Hall–Kier alpha value is -1.99. The van der Waals surface area contributed by atoms with Gasteiger partial charge in [-0.3, -0.25) is 4.90 Å². The fraction of sp³-hybridized carbons (Fsp3) is 0.650. The molecule has 0 aromatic heterocycles. The lowest BCUT2D eigenvalue weighted by atomic mass is 10.1. The van der Waals surface area contributed by atoms with Crippen molar-refractivity contribution in [3.8, 4) is 11.5 Å². The van der Waals surface area contributed by atoms with Crippen LogP contribution in [-0.2, 0) is 11.3 Å². The van der Waals surface area contributed by atoms with Crippen molar-refractivity contribution in [3.05, 3.63) is 23.8 Å². The van der Waals surface area contributed by atoms with Crippen LogP contribution in [0.3, 0.4) is 0 Å². The first-order chi connectivity index (χ1) is 13.3. The highest BCUT2D eigenvalue weighted by molar-refractivity contribution is 5.77. The highest BCUT2D eigenvalue weighted by Gasteiger charge is 2.43. The molecular weight excluding hydrogens is 346 g/mol. The van der Waals surface area contributed by atoms with Gasteiger partial charge >= 0.3 is 6.03 Å². The van der Waals surface area contributed by atoms with Crippen LogP contribution in [0.25, 0.3) is 0 Å². The van der Waals surface area contributed by atoms with Gasteiger partial charge in [-0.2, -0.15) is 0 Å². The third-order valence-corrected chi connectivity index (χ3v) is 6.11. The zero-order chi connectivity index (χ0) is 18.2. The quantitative estimate of drug-likeness (QED) is 0.805. The Balaban J connectivity index is 1.23. The summed E-state index contributed by atoms with van der Waals surface area (Å²) in [6, 6.07) is 7.09. The van der Waals surface area contributed by atoms with E-state index >= 15 is 0 Å². The van der Waals surface area contributed by atoms with Crippen LogP contribution in [0, 0.1) is 0 Å². The van der Waals surface area contributed by atoms with Gasteiger partial charge in [-0.1, -0.05) is 6.07 Å². The van der Waals surface area contributed by atoms with E-state index in [9.17, 15) is 4.79 Å². The molecule has 1 aromatic carbocycles. The van der Waals surface area contributed by atoms with Crippen molar-refractivity contribution in [1.82, 2.24) is 14.7 Å². The second-order valence-electron chi connectivity index (χ2n) is 7.84. The van der Waals surface area contributed by atoms with Crippen molar-refractivity contribution in [1.29, 1.82) is 0 Å². The summed E-state index contributed by atoms with van der Waals surface area (Å²) in [7, 11) is 0. The van der Waals surface area contributed by atoms with Crippen LogP contribution >= 0.6 is 0 Å². The molecular formula is C20H27N3O4. The number of carbonyl (C=O) groups is 1. The number of hydrogen-bond donors (Lipinski definition) is 0. The maximum atomic E-state index is 12.8. The van der Waals surface area contributed by atoms with Gasteiger partial charge in [-0.25, -0.2) is 4.79 Å². The van der Waals surface area contributed by atoms with E-state index in [0.717, 1.165) is 70.3 Å². The molecule has 7 nitrogen and oxygen atoms in total. The summed E-state index contributed by atoms with van der Waals surface area (Å²) >= 11 is 0. The topological polar surface area (TPSA) is 54.5 Å². The lowest BCUT2D eigenvalue weighted by Crippen LogP contribution is -2.51. The Labute approximate surface area is 159 Å². The third kappa shape index (κ3) is 3.34. The zero-order valence-corrected chi connectivity index (χ0v) is 15.6. The van der Waals surface area contributed by atoms with E-state index in [0.29, 0.717) is 25.3 Å². The van der Waals surface area contributed by atoms with Crippen LogP contribution in [0.5, 0.6) is 11.5 Å². The highest BCUT2D eigenvalue weighted by atomic mass is 16.6. The minimum absolute atomic E-state index is 0.228. The molecule has 0 saturated carbocycles. The molecule has 0 radical (unpaired) electrons. The van der Waals surface area contributed by atoms with Crippen LogP contribution < -0.4 is 9.47 Å². The fourth-order valence-corrected chi connectivity index (χ4v) is 4.69. The van der Waals surface area contributed by atoms with E-state index in [4.69, 9.17) is 14.2 Å². The molecule has 3 fully saturated rings. The molecule has 3 saturated heterocycles. The second-order valence-corrected chi connectivity index (χ2v) is 7.84. The van der Waals surface area contributed by atoms with Crippen molar-refractivity contribution in [2.24, 2.45) is 0 Å². The number of nitrogens with zero attached hydrogens (tertiary/aromatic N) is 3. The van der Waals surface area contributed by atoms with Crippen molar-refractivity contribution < 1.29 is 19.0 Å². The number of piperazine rings is 1. The summed E-state index contributed by atoms with van der Waals surface area (Å²) < 4.78 is 16.8. The minimum atomic E-state index is 0.228. The molecule has 4 aliphatic heterocycles. The molecule has 1 unspecified atom stereocenters. The van der Waals surface area contributed by atoms with Crippen molar-refractivity contribution in [2.75, 3.05) is 52.6 Å². The molecule has 4 aliphatic rings. The zero-order valence-electron chi connectivity index (χ0n) is 15.6. The summed E-state index contributed by atoms with van der Waals surface area (Å²) in [6.07, 6.45) is 1.93. The monoisotopic (exact) mass is 373 g/mol. The van der Waals surface area contributed by atoms with Gasteiger partial charge in [-0.05, 0) is 30.5 Å². The standard InChI is InChI=1S/C20H27N3O4/c24-20-22-6-5-21(12-15-1-2-18-19(11-15)27-10-9-26-18)13-17(22)14-23(20)16-3-7-25-8-4-16/h1-2,11,16-17H,3-10,12-14H2. The maximum Gasteiger partial charge on any atom is 0.320 e. The fourth-order valence-electron chi connectivity index (χ4n) is 4.69. The first-order valence-electron chi connectivity index (χ1n) is 10.0. The Kier molecular flexibility index (Phi) is 4.57. The van der Waals surface area contributed by atoms with Gasteiger partial charge in [-0.15, -0.1) is 0 Å². The van der Waals surface area contributed by atoms with Crippen molar-refractivity contribution in [3.63, 3.8) is 0 Å². The van der Waals surface area contributed by atoms with Crippen LogP contribution in [0.15, 0.2) is 18.2 Å². The molecule has 2 amide bonds. The Bertz CT molecular complexity index is 706. The van der Waals surface area contributed by atoms with Crippen molar-refractivity contribution >= 4 is 6.03 Å². The molecule has 0 N–H and O–H groups in total. The van der Waals surface area contributed by atoms with Gasteiger partial charge < -0.3 is 24.0 Å². The molecule has 0 bridgehead atoms. The first-order valence-corrected chi connectivity index (χ1v) is 10.0. The summed E-state index contributed by atoms with van der Waals surface area (Å²) in [5.74, 6) is 1.68. The molecule has 4 heterocycles. The normalized spacial score (nSPS) is 26.4. The Morgan fingerprint density at radius 1 is 0.889 bits per heavy atom. The molecule has 1 atom stereocenters. The Morgan fingerprint density at radius 3 is 2.56 bits per heavy atom. The lowest BCUT2D eigenvalue weighted by Gasteiger charge is -2.36. The van der Waals surface area contributed by atoms with E-state index in [2.05, 4.69) is 26.8 Å². The van der Waals surface area contributed by atoms with Gasteiger partial charge in [0.2, 0.25) is 0 Å². The maximum absolute atomic E-state index is 12.8. The SMILES string of the molecule is O=C1N2CCN(Cc3ccc4c(c3)OCCO4)CC2CN1C1CCOCC1. The highest BCUT2D eigenvalue weighted by Crippen LogP contribution is 2.32. The number of carbonyl (C=O) groups excluding carboxylic acids is 1. The first kappa shape index (κ1) is 17.1. The van der Waals surface area contributed by atoms with Crippen LogP contribution in [0.4, 0.5) is 4.79 Å². The predicted molar refractivity (Wildman–Crippen MR) is 99.1 cm³/mol. The van der Waals surface area contributed by atoms with E-state index in [1.54, 1.807) is 0 Å². The summed E-state index contributed by atoms with van der Waals surface area (Å²) in [5, 5.41) is 0. The van der Waals surface area contributed by atoms with Gasteiger partial charge in [0.05, 0.1) is 6.04 Å². The van der Waals surface area contributed by atoms with Gasteiger partial charge in [0.25, 0.3) is 0 Å². The second kappa shape index (κ2) is 7.20. The average molecular weight is 373 g/mol. The van der Waals surface area contributed by atoms with Gasteiger partial charge in [0.15, 0.2) is 11.5 Å². The average Bonchev–Trinajstić information content (AvgIpc) is 3.04. The third-order valence-electron chi connectivity index (χ3n) is 6.11. The number of benzene rings is 1. The predicted octanol–water partition coefficient (Wildman–Crippen LogP) is 1.56. The smallest absolute Gasteiger partial charge is 0.320 e. The van der Waals surface area contributed by atoms with E-state index in [1.807, 2.05) is 6.07 Å². The molecule has 27 heavy (non-hydrogen) atoms. The summed E-state index contributed by atoms with van der Waals surface area (Å²) in [6.45, 7) is 7.17. The number of hydrogen-bond acceptors (Lipinski definition) is 5. The molecule has 0 aliphatic carbocycles. The van der Waals surface area contributed by atoms with Crippen molar-refractivity contribution in [2.45, 2.75) is 31.5 Å². The molecule has 0 spiro atoms. The summed E-state index contributed by atoms with van der Waals surface area (Å²) in [4.78, 5) is 19.5. The number of fused-ring (bicyclic) bond motifs is 2. The minimum Gasteiger partial charge on any atom is -0.486 e. The van der Waals surface area contributed by atoms with Crippen LogP contribution in [-0.4, -0.2) is 85.4 Å². The molecule has 7 heteroatoms. The number of rotatable bonds is 3. The van der Waals surface area contributed by atoms with E-state index in [1.165, 1.54) is 5.56 Å². The Morgan fingerprint density at radius 2 is 1.70 bits per heavy atom. The summed E-state index contributed by atoms with van der Waals surface area (Å²) in [5.41, 5.74) is 1.23. The van der Waals surface area contributed by atoms with E-state index in [-0.39, 0.29) is 6.03 Å². The number of ether oxygens (including phenoxy) is 3. The van der Waals surface area contributed by atoms with Gasteiger partial charge in [0.1, 0.15) is 13.2 Å². The number of urea groups is 1. The van der Waals surface area contributed by atoms with Crippen LogP contribution in [0.2, 0.25) is 0 Å². The molecule has 5 rings (SSSR count). The molecule has 146 valence electrons. The van der Waals surface area contributed by atoms with Gasteiger partial charge in [0, 0.05) is 52.0 Å². The van der Waals surface area contributed by atoms with Crippen LogP contribution in [0.1, 0.15) is 18.4 Å². The largest absolute Gasteiger partial charge is 0.486 e.